The Hall–Kier alpha value is -3.50. The molecule has 4 aromatic carbocycles. The third-order valence-electron chi connectivity index (χ3n) is 6.66. The van der Waals surface area contributed by atoms with E-state index in [4.69, 9.17) is 9.68 Å². The van der Waals surface area contributed by atoms with Gasteiger partial charge < -0.3 is 14.2 Å². The number of benzene rings is 4. The normalized spacial score (nSPS) is 13.9. The summed E-state index contributed by atoms with van der Waals surface area (Å²) in [6, 6.07) is 29.9. The van der Waals surface area contributed by atoms with Crippen LogP contribution in [0.5, 0.6) is 5.75 Å². The van der Waals surface area contributed by atoms with Gasteiger partial charge in [-0.25, -0.2) is 0 Å². The monoisotopic (exact) mass is 402 g/mol. The van der Waals surface area contributed by atoms with Crippen LogP contribution in [0.25, 0.3) is 38.6 Å². The molecule has 1 N–H and O–H groups in total. The topological polar surface area (TPSA) is 34.4 Å². The third kappa shape index (κ3) is 2.52. The van der Waals surface area contributed by atoms with Crippen molar-refractivity contribution in [2.75, 3.05) is 0 Å². The highest BCUT2D eigenvalue weighted by atomic mass is 16.5. The molecule has 1 aliphatic rings. The zero-order valence-corrected chi connectivity index (χ0v) is 17.5. The second kappa shape index (κ2) is 6.50. The average Bonchev–Trinajstić information content (AvgIpc) is 3.23. The van der Waals surface area contributed by atoms with Crippen molar-refractivity contribution in [3.8, 4) is 22.6 Å². The zero-order chi connectivity index (χ0) is 21.2. The van der Waals surface area contributed by atoms with Crippen LogP contribution in [0.3, 0.4) is 0 Å². The second-order valence-corrected chi connectivity index (χ2v) is 8.66. The van der Waals surface area contributed by atoms with Gasteiger partial charge in [0.15, 0.2) is 0 Å². The number of fused-ring (bicyclic) bond motifs is 6. The standard InChI is InChI=1S/C27H21BNO2/c1-27(2)23-9-5-3-7-19(23)21-15-22-20-8-4-6-10-25(20)29(26(22)16-24(21)27)17-11-13-18(14-12-17)31-28-30/h3-16,30H,1-2H3. The quantitative estimate of drug-likeness (QED) is 0.376. The predicted octanol–water partition coefficient (Wildman–Crippen LogP) is 6.00. The number of rotatable bonds is 3. The van der Waals surface area contributed by atoms with Crippen LogP contribution < -0.4 is 4.65 Å². The molecule has 1 aromatic heterocycles. The summed E-state index contributed by atoms with van der Waals surface area (Å²) in [6.07, 6.45) is 0. The summed E-state index contributed by atoms with van der Waals surface area (Å²) in [5.74, 6) is 0.601. The summed E-state index contributed by atoms with van der Waals surface area (Å²) >= 11 is 0. The average molecular weight is 402 g/mol. The van der Waals surface area contributed by atoms with Crippen molar-refractivity contribution in [1.82, 2.24) is 4.57 Å². The molecule has 0 amide bonds. The maximum Gasteiger partial charge on any atom is 0.569 e. The van der Waals surface area contributed by atoms with E-state index in [1.165, 1.54) is 44.1 Å². The second-order valence-electron chi connectivity index (χ2n) is 8.66. The van der Waals surface area contributed by atoms with E-state index in [-0.39, 0.29) is 5.41 Å². The minimum Gasteiger partial charge on any atom is -0.537 e. The molecular formula is C27H21BNO2. The predicted molar refractivity (Wildman–Crippen MR) is 127 cm³/mol. The Morgan fingerprint density at radius 3 is 2.29 bits per heavy atom. The molecule has 0 fully saturated rings. The van der Waals surface area contributed by atoms with E-state index in [0.717, 1.165) is 5.69 Å². The molecule has 6 rings (SSSR count). The van der Waals surface area contributed by atoms with E-state index in [9.17, 15) is 0 Å². The minimum absolute atomic E-state index is 0.0456. The molecule has 31 heavy (non-hydrogen) atoms. The Balaban J connectivity index is 1.68. The molecule has 0 unspecified atom stereocenters. The van der Waals surface area contributed by atoms with E-state index in [1.54, 1.807) is 0 Å². The van der Waals surface area contributed by atoms with Crippen molar-refractivity contribution < 1.29 is 9.68 Å². The highest BCUT2D eigenvalue weighted by molar-refractivity contribution is 6.17. The van der Waals surface area contributed by atoms with Crippen LogP contribution in [0, 0.1) is 0 Å². The zero-order valence-electron chi connectivity index (χ0n) is 17.5. The van der Waals surface area contributed by atoms with Crippen LogP contribution in [0.4, 0.5) is 0 Å². The highest BCUT2D eigenvalue weighted by Gasteiger charge is 2.36. The van der Waals surface area contributed by atoms with E-state index in [0.29, 0.717) is 13.4 Å². The van der Waals surface area contributed by atoms with Crippen LogP contribution in [0.1, 0.15) is 25.0 Å². The number of nitrogens with zero attached hydrogens (tertiary/aromatic N) is 1. The molecule has 1 aliphatic carbocycles. The Morgan fingerprint density at radius 2 is 1.48 bits per heavy atom. The number of hydrogen-bond acceptors (Lipinski definition) is 2. The van der Waals surface area contributed by atoms with Gasteiger partial charge in [-0.2, -0.15) is 0 Å². The van der Waals surface area contributed by atoms with Crippen LogP contribution in [-0.4, -0.2) is 17.3 Å². The fraction of sp³-hybridized carbons (Fsp3) is 0.111. The van der Waals surface area contributed by atoms with Gasteiger partial charge >= 0.3 is 7.69 Å². The number of hydrogen-bond donors (Lipinski definition) is 1. The maximum atomic E-state index is 8.92. The molecule has 1 heterocycles. The van der Waals surface area contributed by atoms with Crippen molar-refractivity contribution in [2.24, 2.45) is 0 Å². The molecule has 0 atom stereocenters. The molecule has 149 valence electrons. The molecular weight excluding hydrogens is 381 g/mol. The van der Waals surface area contributed by atoms with Crippen LogP contribution in [-0.2, 0) is 5.41 Å². The lowest BCUT2D eigenvalue weighted by Gasteiger charge is -2.21. The lowest BCUT2D eigenvalue weighted by molar-refractivity contribution is 0.454. The first kappa shape index (κ1) is 18.3. The smallest absolute Gasteiger partial charge is 0.537 e. The van der Waals surface area contributed by atoms with Gasteiger partial charge in [0.05, 0.1) is 11.0 Å². The Morgan fingerprint density at radius 1 is 0.742 bits per heavy atom. The largest absolute Gasteiger partial charge is 0.569 e. The summed E-state index contributed by atoms with van der Waals surface area (Å²) < 4.78 is 7.41. The van der Waals surface area contributed by atoms with Gasteiger partial charge in [0.25, 0.3) is 0 Å². The third-order valence-corrected chi connectivity index (χ3v) is 6.66. The summed E-state index contributed by atoms with van der Waals surface area (Å²) in [7, 11) is 0.707. The van der Waals surface area contributed by atoms with Crippen LogP contribution >= 0.6 is 0 Å². The van der Waals surface area contributed by atoms with Crippen molar-refractivity contribution in [1.29, 1.82) is 0 Å². The fourth-order valence-corrected chi connectivity index (χ4v) is 5.18. The van der Waals surface area contributed by atoms with Gasteiger partial charge in [-0.1, -0.05) is 56.3 Å². The summed E-state index contributed by atoms with van der Waals surface area (Å²) in [6.45, 7) is 4.63. The fourth-order valence-electron chi connectivity index (χ4n) is 5.18. The van der Waals surface area contributed by atoms with Crippen LogP contribution in [0.15, 0.2) is 84.9 Å². The van der Waals surface area contributed by atoms with Crippen molar-refractivity contribution in [3.05, 3.63) is 96.1 Å². The molecule has 0 saturated carbocycles. The Labute approximate surface area is 181 Å². The Bertz CT molecular complexity index is 1460. The first-order valence-corrected chi connectivity index (χ1v) is 10.5. The van der Waals surface area contributed by atoms with Gasteiger partial charge in [-0.05, 0) is 64.7 Å². The van der Waals surface area contributed by atoms with Gasteiger partial charge in [0, 0.05) is 21.9 Å². The maximum absolute atomic E-state index is 8.92. The molecule has 5 aromatic rings. The van der Waals surface area contributed by atoms with Crippen molar-refractivity contribution in [3.63, 3.8) is 0 Å². The molecule has 0 bridgehead atoms. The summed E-state index contributed by atoms with van der Waals surface area (Å²) in [5.41, 5.74) is 8.80. The van der Waals surface area contributed by atoms with Crippen LogP contribution in [0.2, 0.25) is 0 Å². The van der Waals surface area contributed by atoms with E-state index < -0.39 is 0 Å². The van der Waals surface area contributed by atoms with E-state index in [1.807, 2.05) is 24.3 Å². The van der Waals surface area contributed by atoms with Gasteiger partial charge in [0.1, 0.15) is 5.75 Å². The number of para-hydroxylation sites is 1. The van der Waals surface area contributed by atoms with Gasteiger partial charge in [0.2, 0.25) is 0 Å². The Kier molecular flexibility index (Phi) is 3.83. The molecule has 1 radical (unpaired) electrons. The molecule has 0 aliphatic heterocycles. The highest BCUT2D eigenvalue weighted by Crippen LogP contribution is 2.50. The summed E-state index contributed by atoms with van der Waals surface area (Å²) in [5, 5.41) is 11.4. The van der Waals surface area contributed by atoms with E-state index in [2.05, 4.69) is 79.1 Å². The van der Waals surface area contributed by atoms with Gasteiger partial charge in [-0.3, -0.25) is 0 Å². The molecule has 0 spiro atoms. The van der Waals surface area contributed by atoms with Crippen molar-refractivity contribution >= 4 is 29.5 Å². The van der Waals surface area contributed by atoms with E-state index >= 15 is 0 Å². The van der Waals surface area contributed by atoms with Crippen molar-refractivity contribution in [2.45, 2.75) is 19.3 Å². The molecule has 0 saturated heterocycles. The first-order chi connectivity index (χ1) is 15.1. The summed E-state index contributed by atoms with van der Waals surface area (Å²) in [4.78, 5) is 0. The molecule has 3 nitrogen and oxygen atoms in total. The SMILES string of the molecule is CC1(C)c2ccccc2-c2cc3c4ccccc4n(-c4ccc(O[B]O)cc4)c3cc21. The first-order valence-electron chi connectivity index (χ1n) is 10.5. The minimum atomic E-state index is -0.0456. The lowest BCUT2D eigenvalue weighted by Crippen LogP contribution is -2.14. The molecule has 4 heteroatoms. The number of aromatic nitrogens is 1. The van der Waals surface area contributed by atoms with Gasteiger partial charge in [-0.15, -0.1) is 0 Å². The lowest BCUT2D eigenvalue weighted by atomic mass is 9.82.